The molecule has 0 unspecified atom stereocenters. The lowest BCUT2D eigenvalue weighted by molar-refractivity contribution is 0.307. The predicted molar refractivity (Wildman–Crippen MR) is 146 cm³/mol. The molecule has 0 saturated carbocycles. The number of unbranched alkanes of at least 4 members (excludes halogenated alkanes) is 1. The summed E-state index contributed by atoms with van der Waals surface area (Å²) in [5, 5.41) is 2.08. The van der Waals surface area contributed by atoms with Gasteiger partial charge >= 0.3 is 0 Å². The number of hydrogen-bond donors (Lipinski definition) is 0. The van der Waals surface area contributed by atoms with E-state index in [1.807, 2.05) is 66.1 Å². The lowest BCUT2D eigenvalue weighted by Gasteiger charge is -2.18. The van der Waals surface area contributed by atoms with Crippen LogP contribution >= 0.6 is 11.3 Å². The fourth-order valence-corrected chi connectivity index (χ4v) is 5.06. The average molecular weight is 485 g/mol. The van der Waals surface area contributed by atoms with Crippen LogP contribution < -0.4 is 10.3 Å². The molecule has 0 radical (unpaired) electrons. The highest BCUT2D eigenvalue weighted by molar-refractivity contribution is 7.13. The van der Waals surface area contributed by atoms with E-state index in [1.54, 1.807) is 11.3 Å². The molecule has 0 fully saturated rings. The Kier molecular flexibility index (Phi) is 7.98. The quantitative estimate of drug-likeness (QED) is 0.182. The molecule has 0 atom stereocenters. The monoisotopic (exact) mass is 484 g/mol. The van der Waals surface area contributed by atoms with Gasteiger partial charge in [0.15, 0.2) is 0 Å². The molecule has 0 saturated heterocycles. The molecule has 2 heterocycles. The van der Waals surface area contributed by atoms with Gasteiger partial charge in [-0.3, -0.25) is 9.36 Å². The molecule has 0 spiro atoms. The molecule has 4 nitrogen and oxygen atoms in total. The van der Waals surface area contributed by atoms with Crippen LogP contribution in [0, 0.1) is 13.8 Å². The normalized spacial score (nSPS) is 10.9. The van der Waals surface area contributed by atoms with E-state index in [-0.39, 0.29) is 5.56 Å². The summed E-state index contributed by atoms with van der Waals surface area (Å²) in [5.74, 6) is 1.38. The fourth-order valence-electron chi connectivity index (χ4n) is 4.07. The first-order chi connectivity index (χ1) is 16.9. The van der Waals surface area contributed by atoms with Gasteiger partial charge in [0.25, 0.3) is 5.56 Å². The third-order valence-electron chi connectivity index (χ3n) is 5.83. The van der Waals surface area contributed by atoms with Gasteiger partial charge < -0.3 is 4.74 Å². The van der Waals surface area contributed by atoms with Crippen LogP contribution in [-0.4, -0.2) is 9.55 Å². The summed E-state index contributed by atoms with van der Waals surface area (Å²) in [6.07, 6.45) is 3.99. The van der Waals surface area contributed by atoms with E-state index < -0.39 is 0 Å². The lowest BCUT2D eigenvalue weighted by Crippen LogP contribution is -2.26. The highest BCUT2D eigenvalue weighted by Crippen LogP contribution is 2.32. The van der Waals surface area contributed by atoms with Crippen LogP contribution in [-0.2, 0) is 13.2 Å². The summed E-state index contributed by atoms with van der Waals surface area (Å²) in [4.78, 5) is 19.8. The standard InChI is InChI=1S/C30H32N2O2S/c1-21(2)12-10-11-17-32-29(31-23(4)28(30(32)33)27-18-22(3)20-35-27)25-15-8-9-16-26(25)34-19-24-13-6-5-7-14-24/h5-9,12-16,18,20H,10-11,17,19H2,1-4H3. The predicted octanol–water partition coefficient (Wildman–Crippen LogP) is 7.58. The van der Waals surface area contributed by atoms with E-state index in [2.05, 4.69) is 38.3 Å². The summed E-state index contributed by atoms with van der Waals surface area (Å²) in [6, 6.07) is 20.0. The third-order valence-corrected chi connectivity index (χ3v) is 6.90. The van der Waals surface area contributed by atoms with Gasteiger partial charge in [-0.2, -0.15) is 0 Å². The summed E-state index contributed by atoms with van der Waals surface area (Å²) in [7, 11) is 0. The molecule has 2 aromatic heterocycles. The van der Waals surface area contributed by atoms with Gasteiger partial charge in [0.2, 0.25) is 0 Å². The van der Waals surface area contributed by atoms with Crippen molar-refractivity contribution in [1.82, 2.24) is 9.55 Å². The third kappa shape index (κ3) is 5.98. The zero-order chi connectivity index (χ0) is 24.8. The Labute approximate surface area is 211 Å². The zero-order valence-electron chi connectivity index (χ0n) is 20.9. The molecule has 0 aliphatic carbocycles. The highest BCUT2D eigenvalue weighted by Gasteiger charge is 2.20. The maximum Gasteiger partial charge on any atom is 0.262 e. The summed E-state index contributed by atoms with van der Waals surface area (Å²) in [6.45, 7) is 9.22. The van der Waals surface area contributed by atoms with Crippen molar-refractivity contribution in [3.05, 3.63) is 105 Å². The van der Waals surface area contributed by atoms with Crippen molar-refractivity contribution in [2.75, 3.05) is 0 Å². The van der Waals surface area contributed by atoms with Crippen molar-refractivity contribution in [3.8, 4) is 27.6 Å². The first-order valence-electron chi connectivity index (χ1n) is 12.0. The van der Waals surface area contributed by atoms with Crippen LogP contribution in [0.25, 0.3) is 21.8 Å². The first-order valence-corrected chi connectivity index (χ1v) is 12.9. The number of hydrogen-bond acceptors (Lipinski definition) is 4. The van der Waals surface area contributed by atoms with Crippen molar-refractivity contribution in [2.45, 2.75) is 53.7 Å². The largest absolute Gasteiger partial charge is 0.488 e. The molecule has 35 heavy (non-hydrogen) atoms. The van der Waals surface area contributed by atoms with Crippen molar-refractivity contribution < 1.29 is 4.74 Å². The van der Waals surface area contributed by atoms with Gasteiger partial charge in [0.1, 0.15) is 18.2 Å². The van der Waals surface area contributed by atoms with Gasteiger partial charge in [-0.25, -0.2) is 4.98 Å². The Morgan fingerprint density at radius 2 is 1.80 bits per heavy atom. The van der Waals surface area contributed by atoms with Crippen LogP contribution in [0.4, 0.5) is 0 Å². The number of aromatic nitrogens is 2. The molecule has 2 aromatic carbocycles. The minimum absolute atomic E-state index is 0.00409. The van der Waals surface area contributed by atoms with E-state index in [0.717, 1.165) is 45.9 Å². The van der Waals surface area contributed by atoms with Crippen LogP contribution in [0.5, 0.6) is 5.75 Å². The van der Waals surface area contributed by atoms with Crippen molar-refractivity contribution in [1.29, 1.82) is 0 Å². The number of benzene rings is 2. The Bertz CT molecular complexity index is 1380. The second-order valence-electron chi connectivity index (χ2n) is 9.04. The molecule has 4 rings (SSSR count). The molecule has 180 valence electrons. The van der Waals surface area contributed by atoms with Gasteiger partial charge in [-0.05, 0) is 75.2 Å². The number of rotatable bonds is 9. The molecular formula is C30H32N2O2S. The van der Waals surface area contributed by atoms with Crippen molar-refractivity contribution in [3.63, 3.8) is 0 Å². The van der Waals surface area contributed by atoms with Crippen LogP contribution in [0.1, 0.15) is 43.5 Å². The van der Waals surface area contributed by atoms with E-state index in [9.17, 15) is 4.79 Å². The molecule has 0 N–H and O–H groups in total. The Morgan fingerprint density at radius 3 is 2.51 bits per heavy atom. The number of nitrogens with zero attached hydrogens (tertiary/aromatic N) is 2. The second kappa shape index (κ2) is 11.3. The minimum Gasteiger partial charge on any atom is -0.488 e. The SMILES string of the molecule is CC(C)=CCCCn1c(-c2ccccc2OCc2ccccc2)nc(C)c(-c2cc(C)cs2)c1=O. The van der Waals surface area contributed by atoms with E-state index >= 15 is 0 Å². The Hall–Kier alpha value is -3.44. The van der Waals surface area contributed by atoms with Gasteiger partial charge in [0.05, 0.1) is 16.8 Å². The number of para-hydroxylation sites is 1. The zero-order valence-corrected chi connectivity index (χ0v) is 21.7. The Morgan fingerprint density at radius 1 is 1.06 bits per heavy atom. The number of ether oxygens (including phenoxy) is 1. The minimum atomic E-state index is 0.00409. The van der Waals surface area contributed by atoms with Crippen molar-refractivity contribution in [2.24, 2.45) is 0 Å². The molecule has 0 aliphatic heterocycles. The fraction of sp³-hybridized carbons (Fsp3) is 0.267. The molecule has 0 bridgehead atoms. The Balaban J connectivity index is 1.78. The molecule has 5 heteroatoms. The topological polar surface area (TPSA) is 44.1 Å². The average Bonchev–Trinajstić information content (AvgIpc) is 3.27. The van der Waals surface area contributed by atoms with Gasteiger partial charge in [0, 0.05) is 11.4 Å². The lowest BCUT2D eigenvalue weighted by atomic mass is 10.1. The van der Waals surface area contributed by atoms with Crippen LogP contribution in [0.15, 0.2) is 82.5 Å². The summed E-state index contributed by atoms with van der Waals surface area (Å²) >= 11 is 1.59. The summed E-state index contributed by atoms with van der Waals surface area (Å²) in [5.41, 5.74) is 5.80. The smallest absolute Gasteiger partial charge is 0.262 e. The highest BCUT2D eigenvalue weighted by atomic mass is 32.1. The van der Waals surface area contributed by atoms with Crippen molar-refractivity contribution >= 4 is 11.3 Å². The van der Waals surface area contributed by atoms with Gasteiger partial charge in [-0.15, -0.1) is 11.3 Å². The summed E-state index contributed by atoms with van der Waals surface area (Å²) < 4.78 is 8.06. The second-order valence-corrected chi connectivity index (χ2v) is 9.95. The van der Waals surface area contributed by atoms with Crippen LogP contribution in [0.3, 0.4) is 0 Å². The molecule has 4 aromatic rings. The number of thiophene rings is 1. The molecule has 0 amide bonds. The number of aryl methyl sites for hydroxylation is 2. The molecular weight excluding hydrogens is 452 g/mol. The van der Waals surface area contributed by atoms with E-state index in [4.69, 9.17) is 9.72 Å². The maximum atomic E-state index is 13.9. The van der Waals surface area contributed by atoms with E-state index in [0.29, 0.717) is 24.5 Å². The molecule has 0 aliphatic rings. The van der Waals surface area contributed by atoms with Gasteiger partial charge in [-0.1, -0.05) is 54.1 Å². The first kappa shape index (κ1) is 24.7. The maximum absolute atomic E-state index is 13.9. The van der Waals surface area contributed by atoms with Crippen LogP contribution in [0.2, 0.25) is 0 Å². The number of allylic oxidation sites excluding steroid dienone is 2. The van der Waals surface area contributed by atoms with E-state index in [1.165, 1.54) is 5.57 Å².